The number of nitriles is 1. The Labute approximate surface area is 230 Å². The third-order valence-corrected chi connectivity index (χ3v) is 8.02. The van der Waals surface area contributed by atoms with E-state index < -0.39 is 0 Å². The van der Waals surface area contributed by atoms with Gasteiger partial charge >= 0.3 is 0 Å². The maximum absolute atomic E-state index is 13.5. The third kappa shape index (κ3) is 5.13. The van der Waals surface area contributed by atoms with E-state index in [0.29, 0.717) is 36.2 Å². The lowest BCUT2D eigenvalue weighted by molar-refractivity contribution is 0.102. The van der Waals surface area contributed by atoms with Gasteiger partial charge < -0.3 is 20.5 Å². The van der Waals surface area contributed by atoms with Gasteiger partial charge in [0.2, 0.25) is 0 Å². The summed E-state index contributed by atoms with van der Waals surface area (Å²) >= 11 is 0. The van der Waals surface area contributed by atoms with Crippen LogP contribution in [-0.2, 0) is 24.4 Å². The van der Waals surface area contributed by atoms with Crippen molar-refractivity contribution in [3.63, 3.8) is 0 Å². The molecule has 5 rings (SSSR count). The van der Waals surface area contributed by atoms with E-state index in [9.17, 15) is 10.1 Å². The second-order valence-corrected chi connectivity index (χ2v) is 12.2. The van der Waals surface area contributed by atoms with Crippen molar-refractivity contribution in [1.82, 2.24) is 25.1 Å². The number of amides is 1. The van der Waals surface area contributed by atoms with Gasteiger partial charge in [0.15, 0.2) is 0 Å². The van der Waals surface area contributed by atoms with Crippen LogP contribution >= 0.6 is 0 Å². The fourth-order valence-electron chi connectivity index (χ4n) is 5.98. The van der Waals surface area contributed by atoms with Crippen LogP contribution in [0.3, 0.4) is 0 Å². The molecule has 1 fully saturated rings. The van der Waals surface area contributed by atoms with Crippen molar-refractivity contribution < 1.29 is 4.79 Å². The minimum Gasteiger partial charge on any atom is -0.382 e. The zero-order valence-corrected chi connectivity index (χ0v) is 23.5. The van der Waals surface area contributed by atoms with Crippen molar-refractivity contribution in [3.8, 4) is 6.07 Å². The summed E-state index contributed by atoms with van der Waals surface area (Å²) in [5, 5.41) is 27.9. The van der Waals surface area contributed by atoms with Crippen LogP contribution in [0.2, 0.25) is 0 Å². The average Bonchev–Trinajstić information content (AvgIpc) is 3.43. The largest absolute Gasteiger partial charge is 0.382 e. The molecular weight excluding hydrogens is 488 g/mol. The van der Waals surface area contributed by atoms with Gasteiger partial charge in [0, 0.05) is 37.7 Å². The number of benzene rings is 1. The highest BCUT2D eigenvalue weighted by molar-refractivity contribution is 6.03. The number of hydrogen-bond acceptors (Lipinski definition) is 7. The van der Waals surface area contributed by atoms with E-state index in [4.69, 9.17) is 4.98 Å². The van der Waals surface area contributed by atoms with Crippen LogP contribution in [-0.4, -0.2) is 38.7 Å². The van der Waals surface area contributed by atoms with Gasteiger partial charge in [0.05, 0.1) is 22.9 Å². The highest BCUT2D eigenvalue weighted by Gasteiger charge is 2.49. The van der Waals surface area contributed by atoms with Gasteiger partial charge in [-0.05, 0) is 60.5 Å². The Morgan fingerprint density at radius 3 is 2.77 bits per heavy atom. The third-order valence-electron chi connectivity index (χ3n) is 8.02. The van der Waals surface area contributed by atoms with E-state index >= 15 is 0 Å². The minimum atomic E-state index is -0.329. The molecule has 1 aromatic carbocycles. The molecule has 1 amide bonds. The Morgan fingerprint density at radius 1 is 1.28 bits per heavy atom. The molecule has 0 spiro atoms. The number of fused-ring (bicyclic) bond motifs is 1. The first-order valence-corrected chi connectivity index (χ1v) is 13.8. The number of rotatable bonds is 9. The van der Waals surface area contributed by atoms with Gasteiger partial charge in [-0.25, -0.2) is 4.98 Å². The van der Waals surface area contributed by atoms with Crippen molar-refractivity contribution in [2.45, 2.75) is 64.3 Å². The van der Waals surface area contributed by atoms with Crippen molar-refractivity contribution in [3.05, 3.63) is 65.0 Å². The summed E-state index contributed by atoms with van der Waals surface area (Å²) in [4.78, 5) is 18.4. The lowest BCUT2D eigenvalue weighted by Gasteiger charge is -2.46. The molecule has 3 aromatic rings. The lowest BCUT2D eigenvalue weighted by atomic mass is 9.57. The average molecular weight is 527 g/mol. The van der Waals surface area contributed by atoms with E-state index in [1.165, 1.54) is 0 Å². The summed E-state index contributed by atoms with van der Waals surface area (Å²) in [5.41, 5.74) is 4.73. The summed E-state index contributed by atoms with van der Waals surface area (Å²) in [6, 6.07) is 12.2. The molecular formula is C30H38N8O. The molecule has 0 radical (unpaired) electrons. The molecule has 0 unspecified atom stereocenters. The van der Waals surface area contributed by atoms with Crippen LogP contribution in [0.4, 0.5) is 11.4 Å². The number of pyridine rings is 1. The molecule has 39 heavy (non-hydrogen) atoms. The Balaban J connectivity index is 1.42. The van der Waals surface area contributed by atoms with E-state index in [2.05, 4.69) is 66.0 Å². The highest BCUT2D eigenvalue weighted by Crippen LogP contribution is 2.53. The first-order chi connectivity index (χ1) is 18.6. The first-order valence-electron chi connectivity index (χ1n) is 13.8. The van der Waals surface area contributed by atoms with Crippen LogP contribution in [0.1, 0.15) is 80.1 Å². The highest BCUT2D eigenvalue weighted by atomic mass is 16.1. The molecule has 0 atom stereocenters. The standard InChI is InChI=1S/C30H38N8O/c1-19(2)15-32-16-21-11-24(36-26-25(21)33-17-29(26,3)4)27(39)35-23-8-6-7-22(12-23)30(13-20(14-30)9-10-31)28-37-34-18-38(28)5/h6-8,11-12,18-20,32-33H,9,13-17H2,1-5H3,(H,35,39). The van der Waals surface area contributed by atoms with Gasteiger partial charge in [-0.3, -0.25) is 4.79 Å². The van der Waals surface area contributed by atoms with E-state index in [1.54, 1.807) is 6.33 Å². The molecule has 204 valence electrons. The summed E-state index contributed by atoms with van der Waals surface area (Å²) in [6.07, 6.45) is 3.89. The molecule has 1 aliphatic carbocycles. The molecule has 3 N–H and O–H groups in total. The number of carbonyl (C=O) groups is 1. The fraction of sp³-hybridized carbons (Fsp3) is 0.500. The van der Waals surface area contributed by atoms with Gasteiger partial charge in [0.25, 0.3) is 5.91 Å². The van der Waals surface area contributed by atoms with Crippen molar-refractivity contribution in [1.29, 1.82) is 5.26 Å². The van der Waals surface area contributed by atoms with E-state index in [1.807, 2.05) is 35.9 Å². The van der Waals surface area contributed by atoms with Crippen molar-refractivity contribution in [2.24, 2.45) is 18.9 Å². The number of anilines is 2. The molecule has 0 saturated heterocycles. The number of aryl methyl sites for hydroxylation is 1. The van der Waals surface area contributed by atoms with Crippen LogP contribution in [0.25, 0.3) is 0 Å². The Morgan fingerprint density at radius 2 is 2.08 bits per heavy atom. The molecule has 2 aromatic heterocycles. The monoisotopic (exact) mass is 526 g/mol. The van der Waals surface area contributed by atoms with Crippen LogP contribution in [0.5, 0.6) is 0 Å². The second kappa shape index (κ2) is 10.4. The number of aromatic nitrogens is 4. The lowest BCUT2D eigenvalue weighted by Crippen LogP contribution is -2.44. The van der Waals surface area contributed by atoms with E-state index in [-0.39, 0.29) is 16.7 Å². The zero-order chi connectivity index (χ0) is 27.8. The van der Waals surface area contributed by atoms with Gasteiger partial charge in [-0.1, -0.05) is 39.8 Å². The summed E-state index contributed by atoms with van der Waals surface area (Å²) in [7, 11) is 1.95. The maximum atomic E-state index is 13.5. The van der Waals surface area contributed by atoms with Crippen molar-refractivity contribution in [2.75, 3.05) is 23.7 Å². The quantitative estimate of drug-likeness (QED) is 0.375. The maximum Gasteiger partial charge on any atom is 0.274 e. The molecule has 2 aliphatic rings. The Kier molecular flexibility index (Phi) is 7.17. The van der Waals surface area contributed by atoms with Gasteiger partial charge in [0.1, 0.15) is 17.8 Å². The molecule has 1 saturated carbocycles. The number of nitrogens with one attached hydrogen (secondary N) is 3. The predicted molar refractivity (Wildman–Crippen MR) is 151 cm³/mol. The smallest absolute Gasteiger partial charge is 0.274 e. The van der Waals surface area contributed by atoms with Crippen molar-refractivity contribution >= 4 is 17.3 Å². The second-order valence-electron chi connectivity index (χ2n) is 12.2. The van der Waals surface area contributed by atoms with Gasteiger partial charge in [-0.2, -0.15) is 5.26 Å². The minimum absolute atomic E-state index is 0.162. The predicted octanol–water partition coefficient (Wildman–Crippen LogP) is 4.52. The molecule has 9 nitrogen and oxygen atoms in total. The normalized spacial score (nSPS) is 21.1. The van der Waals surface area contributed by atoms with Crippen LogP contribution in [0.15, 0.2) is 36.7 Å². The van der Waals surface area contributed by atoms with Gasteiger partial charge in [-0.15, -0.1) is 10.2 Å². The first kappa shape index (κ1) is 26.8. The van der Waals surface area contributed by atoms with E-state index in [0.717, 1.165) is 54.3 Å². The fourth-order valence-corrected chi connectivity index (χ4v) is 5.98. The SMILES string of the molecule is CC(C)CNCc1cc(C(=O)Nc2cccc(C3(c4nncn4C)CC(CC#N)C3)c2)nc2c1NCC2(C)C. The molecule has 3 heterocycles. The summed E-state index contributed by atoms with van der Waals surface area (Å²) < 4.78 is 1.95. The van der Waals surface area contributed by atoms with Crippen LogP contribution in [0, 0.1) is 23.2 Å². The topological polar surface area (TPSA) is 121 Å². The number of hydrogen-bond donors (Lipinski definition) is 3. The zero-order valence-electron chi connectivity index (χ0n) is 23.5. The van der Waals surface area contributed by atoms with Crippen LogP contribution < -0.4 is 16.0 Å². The Bertz CT molecular complexity index is 1410. The number of nitrogens with zero attached hydrogens (tertiary/aromatic N) is 5. The summed E-state index contributed by atoms with van der Waals surface area (Å²) in [6.45, 7) is 11.0. The molecule has 0 bridgehead atoms. The molecule has 1 aliphatic heterocycles. The number of carbonyl (C=O) groups excluding carboxylic acids is 1. The molecule has 9 heteroatoms. The Hall–Kier alpha value is -3.77. The summed E-state index contributed by atoms with van der Waals surface area (Å²) in [5.74, 6) is 1.51.